The minimum absolute atomic E-state index is 0.238. The van der Waals surface area contributed by atoms with E-state index in [1.54, 1.807) is 18.5 Å². The van der Waals surface area contributed by atoms with E-state index < -0.39 is 0 Å². The van der Waals surface area contributed by atoms with Gasteiger partial charge in [0.15, 0.2) is 5.65 Å². The minimum Gasteiger partial charge on any atom is -0.506 e. The second kappa shape index (κ2) is 2.17. The highest BCUT2D eigenvalue weighted by molar-refractivity contribution is 7.16. The monoisotopic (exact) mass is 166 g/mol. The van der Waals surface area contributed by atoms with E-state index in [0.717, 1.165) is 4.70 Å². The number of fused-ring (bicyclic) bond motifs is 1. The molecule has 0 aliphatic carbocycles. The van der Waals surface area contributed by atoms with Gasteiger partial charge in [-0.05, 0) is 6.92 Å². The van der Waals surface area contributed by atoms with Gasteiger partial charge in [0.05, 0.1) is 15.9 Å². The Morgan fingerprint density at radius 3 is 3.18 bits per heavy atom. The molecular weight excluding hydrogens is 160 g/mol. The van der Waals surface area contributed by atoms with Gasteiger partial charge in [0, 0.05) is 6.07 Å². The zero-order valence-electron chi connectivity index (χ0n) is 5.90. The van der Waals surface area contributed by atoms with Gasteiger partial charge >= 0.3 is 0 Å². The predicted octanol–water partition coefficient (Wildman–Crippen LogP) is 1.71. The number of aromatic nitrogens is 2. The lowest BCUT2D eigenvalue weighted by molar-refractivity contribution is 0.469. The molecule has 1 N–H and O–H groups in total. The van der Waals surface area contributed by atoms with Crippen LogP contribution in [0, 0.1) is 6.92 Å². The summed E-state index contributed by atoms with van der Waals surface area (Å²) in [6.45, 7) is 1.76. The van der Waals surface area contributed by atoms with Gasteiger partial charge < -0.3 is 5.11 Å². The highest BCUT2D eigenvalue weighted by atomic mass is 32.1. The molecule has 11 heavy (non-hydrogen) atoms. The van der Waals surface area contributed by atoms with Gasteiger partial charge in [0.25, 0.3) is 0 Å². The number of thiazole rings is 1. The molecule has 0 fully saturated rings. The van der Waals surface area contributed by atoms with Gasteiger partial charge in [-0.2, -0.15) is 0 Å². The molecule has 0 aromatic carbocycles. The van der Waals surface area contributed by atoms with Crippen molar-refractivity contribution in [1.29, 1.82) is 0 Å². The molecule has 0 bridgehead atoms. The third-order valence-electron chi connectivity index (χ3n) is 1.49. The normalized spacial score (nSPS) is 10.6. The molecule has 0 atom stereocenters. The molecule has 2 heterocycles. The largest absolute Gasteiger partial charge is 0.506 e. The lowest BCUT2D eigenvalue weighted by Gasteiger charge is -1.94. The van der Waals surface area contributed by atoms with Crippen molar-refractivity contribution in [3.8, 4) is 5.75 Å². The summed E-state index contributed by atoms with van der Waals surface area (Å²) in [7, 11) is 0. The average molecular weight is 166 g/mol. The number of rotatable bonds is 0. The van der Waals surface area contributed by atoms with E-state index in [-0.39, 0.29) is 5.75 Å². The van der Waals surface area contributed by atoms with Crippen LogP contribution < -0.4 is 0 Å². The van der Waals surface area contributed by atoms with Crippen LogP contribution in [-0.2, 0) is 0 Å². The standard InChI is InChI=1S/C7H6N2OS/c1-4-5(10)2-6-7(9-4)8-3-11-6/h2-3,10H,1H3. The highest BCUT2D eigenvalue weighted by Gasteiger charge is 2.02. The topological polar surface area (TPSA) is 46.0 Å². The number of pyridine rings is 1. The summed E-state index contributed by atoms with van der Waals surface area (Å²) in [6, 6.07) is 1.69. The zero-order valence-corrected chi connectivity index (χ0v) is 6.72. The molecule has 0 radical (unpaired) electrons. The molecule has 2 rings (SSSR count). The van der Waals surface area contributed by atoms with Gasteiger partial charge in [0.1, 0.15) is 5.75 Å². The summed E-state index contributed by atoms with van der Waals surface area (Å²) in [6.07, 6.45) is 0. The predicted molar refractivity (Wildman–Crippen MR) is 43.8 cm³/mol. The van der Waals surface area contributed by atoms with E-state index >= 15 is 0 Å². The van der Waals surface area contributed by atoms with Crippen LogP contribution in [0.2, 0.25) is 0 Å². The number of hydrogen-bond donors (Lipinski definition) is 1. The van der Waals surface area contributed by atoms with Crippen molar-refractivity contribution in [1.82, 2.24) is 9.97 Å². The first-order valence-electron chi connectivity index (χ1n) is 3.17. The Bertz CT molecular complexity index is 360. The zero-order chi connectivity index (χ0) is 7.84. The Morgan fingerprint density at radius 2 is 2.36 bits per heavy atom. The molecule has 0 aliphatic heterocycles. The number of aryl methyl sites for hydroxylation is 1. The molecule has 2 aromatic heterocycles. The Kier molecular flexibility index (Phi) is 1.29. The van der Waals surface area contributed by atoms with Crippen LogP contribution in [0.3, 0.4) is 0 Å². The van der Waals surface area contributed by atoms with E-state index in [4.69, 9.17) is 0 Å². The Hall–Kier alpha value is -1.16. The minimum atomic E-state index is 0.238. The van der Waals surface area contributed by atoms with Crippen LogP contribution in [0.25, 0.3) is 10.3 Å². The van der Waals surface area contributed by atoms with Crippen molar-refractivity contribution < 1.29 is 5.11 Å². The summed E-state index contributed by atoms with van der Waals surface area (Å²) in [5, 5.41) is 9.25. The molecule has 0 saturated carbocycles. The van der Waals surface area contributed by atoms with Gasteiger partial charge in [-0.3, -0.25) is 0 Å². The van der Waals surface area contributed by atoms with Gasteiger partial charge in [-0.25, -0.2) is 9.97 Å². The van der Waals surface area contributed by atoms with Crippen molar-refractivity contribution in [3.05, 3.63) is 17.3 Å². The first kappa shape index (κ1) is 6.54. The molecule has 0 saturated heterocycles. The van der Waals surface area contributed by atoms with Crippen molar-refractivity contribution in [2.45, 2.75) is 6.92 Å². The number of aromatic hydroxyl groups is 1. The second-order valence-corrected chi connectivity index (χ2v) is 3.15. The summed E-state index contributed by atoms with van der Waals surface area (Å²) in [5.74, 6) is 0.238. The van der Waals surface area contributed by atoms with E-state index in [2.05, 4.69) is 9.97 Å². The van der Waals surface area contributed by atoms with Crippen LogP contribution in [0.15, 0.2) is 11.6 Å². The van der Waals surface area contributed by atoms with Crippen molar-refractivity contribution >= 4 is 21.7 Å². The van der Waals surface area contributed by atoms with Crippen LogP contribution in [0.1, 0.15) is 5.69 Å². The molecular formula is C7H6N2OS. The lowest BCUT2D eigenvalue weighted by atomic mass is 10.3. The maximum atomic E-state index is 9.25. The van der Waals surface area contributed by atoms with Crippen molar-refractivity contribution in [2.24, 2.45) is 0 Å². The van der Waals surface area contributed by atoms with Crippen LogP contribution >= 0.6 is 11.3 Å². The number of hydrogen-bond acceptors (Lipinski definition) is 4. The Labute approximate surface area is 67.4 Å². The fraction of sp³-hybridized carbons (Fsp3) is 0.143. The maximum absolute atomic E-state index is 9.25. The molecule has 0 spiro atoms. The molecule has 56 valence electrons. The van der Waals surface area contributed by atoms with E-state index in [1.165, 1.54) is 11.3 Å². The molecule has 3 nitrogen and oxygen atoms in total. The lowest BCUT2D eigenvalue weighted by Crippen LogP contribution is -1.81. The molecule has 0 amide bonds. The Morgan fingerprint density at radius 1 is 1.55 bits per heavy atom. The fourth-order valence-electron chi connectivity index (χ4n) is 0.877. The SMILES string of the molecule is Cc1nc2ncsc2cc1O. The van der Waals surface area contributed by atoms with Crippen molar-refractivity contribution in [2.75, 3.05) is 0 Å². The van der Waals surface area contributed by atoms with E-state index in [1.807, 2.05) is 0 Å². The van der Waals surface area contributed by atoms with Gasteiger partial charge in [-0.15, -0.1) is 11.3 Å². The summed E-state index contributed by atoms with van der Waals surface area (Å²) in [5.41, 5.74) is 3.06. The average Bonchev–Trinajstić information content (AvgIpc) is 2.36. The van der Waals surface area contributed by atoms with Crippen LogP contribution in [0.4, 0.5) is 0 Å². The van der Waals surface area contributed by atoms with Gasteiger partial charge in [0.2, 0.25) is 0 Å². The first-order chi connectivity index (χ1) is 5.27. The van der Waals surface area contributed by atoms with Gasteiger partial charge in [-0.1, -0.05) is 0 Å². The third kappa shape index (κ3) is 0.952. The maximum Gasteiger partial charge on any atom is 0.170 e. The third-order valence-corrected chi connectivity index (χ3v) is 2.25. The molecule has 0 unspecified atom stereocenters. The second-order valence-electron chi connectivity index (χ2n) is 2.27. The quantitative estimate of drug-likeness (QED) is 0.648. The van der Waals surface area contributed by atoms with E-state index in [9.17, 15) is 5.11 Å². The summed E-state index contributed by atoms with van der Waals surface area (Å²) in [4.78, 5) is 8.10. The van der Waals surface area contributed by atoms with Crippen LogP contribution in [0.5, 0.6) is 5.75 Å². The van der Waals surface area contributed by atoms with E-state index in [0.29, 0.717) is 11.3 Å². The summed E-state index contributed by atoms with van der Waals surface area (Å²) >= 11 is 1.48. The first-order valence-corrected chi connectivity index (χ1v) is 4.05. The fourth-order valence-corrected chi connectivity index (χ4v) is 1.53. The molecule has 0 aliphatic rings. The molecule has 2 aromatic rings. The summed E-state index contributed by atoms with van der Waals surface area (Å²) < 4.78 is 0.924. The smallest absolute Gasteiger partial charge is 0.170 e. The highest BCUT2D eigenvalue weighted by Crippen LogP contribution is 2.22. The number of nitrogens with zero attached hydrogens (tertiary/aromatic N) is 2. The van der Waals surface area contributed by atoms with Crippen molar-refractivity contribution in [3.63, 3.8) is 0 Å². The Balaban J connectivity index is 2.86. The molecule has 4 heteroatoms. The van der Waals surface area contributed by atoms with Crippen LogP contribution in [-0.4, -0.2) is 15.1 Å².